The maximum Gasteiger partial charge on any atom is 0.306 e. The Morgan fingerprint density at radius 1 is 0.273 bits per heavy atom. The molecule has 1 unspecified atom stereocenters. The lowest BCUT2D eigenvalue weighted by molar-refractivity contribution is -0.167. The van der Waals surface area contributed by atoms with E-state index >= 15 is 0 Å². The molecular weight excluding hydrogens is 949 g/mol. The molecule has 0 aromatic rings. The topological polar surface area (TPSA) is 78.9 Å². The van der Waals surface area contributed by atoms with E-state index in [0.717, 1.165) is 135 Å². The normalized spacial score (nSPS) is 12.8. The fourth-order valence-electron chi connectivity index (χ4n) is 8.87. The molecule has 0 fully saturated rings. The van der Waals surface area contributed by atoms with Crippen LogP contribution in [0.2, 0.25) is 0 Å². The molecule has 77 heavy (non-hydrogen) atoms. The van der Waals surface area contributed by atoms with Gasteiger partial charge in [-0.1, -0.05) is 271 Å². The Bertz CT molecular complexity index is 1560. The summed E-state index contributed by atoms with van der Waals surface area (Å²) in [5, 5.41) is 0. The standard InChI is InChI=1S/C71H120O6/c1-4-7-10-13-16-19-22-25-28-30-31-32-33-34-35-36-37-38-39-40-41-42-44-46-49-52-55-58-61-64-70(73)76-67-68(66-75-69(72)63-60-57-54-51-48-45-27-24-21-18-15-12-9-6-3)77-71(74)65-62-59-56-53-50-47-43-29-26-23-20-17-14-11-8-5-2/h7,10,15-16,18-19,24-25,27-29,31-32,34-35,37-38,43,68H,4-6,8-9,11-14,17,20-23,26,30,33,36,39-42,44-67H2,1-3H3/b10-7-,18-15-,19-16-,27-24-,28-25-,32-31-,35-34-,38-37-,43-29-. The zero-order valence-corrected chi connectivity index (χ0v) is 50.4. The summed E-state index contributed by atoms with van der Waals surface area (Å²) >= 11 is 0. The highest BCUT2D eigenvalue weighted by Crippen LogP contribution is 2.15. The predicted molar refractivity (Wildman–Crippen MR) is 334 cm³/mol. The highest BCUT2D eigenvalue weighted by atomic mass is 16.6. The van der Waals surface area contributed by atoms with Gasteiger partial charge in [-0.15, -0.1) is 0 Å². The highest BCUT2D eigenvalue weighted by Gasteiger charge is 2.19. The zero-order valence-electron chi connectivity index (χ0n) is 50.4. The molecule has 6 nitrogen and oxygen atoms in total. The first kappa shape index (κ1) is 73.1. The van der Waals surface area contributed by atoms with Gasteiger partial charge in [-0.3, -0.25) is 14.4 Å². The number of unbranched alkanes of at least 4 members (excludes halogenated alkanes) is 29. The summed E-state index contributed by atoms with van der Waals surface area (Å²) < 4.78 is 16.9. The van der Waals surface area contributed by atoms with Crippen LogP contribution in [-0.4, -0.2) is 37.2 Å². The van der Waals surface area contributed by atoms with Gasteiger partial charge in [-0.2, -0.15) is 0 Å². The molecule has 0 radical (unpaired) electrons. The van der Waals surface area contributed by atoms with Crippen LogP contribution >= 0.6 is 0 Å². The van der Waals surface area contributed by atoms with E-state index in [4.69, 9.17) is 14.2 Å². The fourth-order valence-corrected chi connectivity index (χ4v) is 8.87. The average Bonchev–Trinajstić information content (AvgIpc) is 3.43. The lowest BCUT2D eigenvalue weighted by Crippen LogP contribution is -2.30. The smallest absolute Gasteiger partial charge is 0.306 e. The lowest BCUT2D eigenvalue weighted by Gasteiger charge is -2.18. The van der Waals surface area contributed by atoms with Crippen LogP contribution in [0.5, 0.6) is 0 Å². The third kappa shape index (κ3) is 62.8. The third-order valence-electron chi connectivity index (χ3n) is 13.7. The second-order valence-electron chi connectivity index (χ2n) is 21.3. The van der Waals surface area contributed by atoms with Gasteiger partial charge in [-0.25, -0.2) is 0 Å². The summed E-state index contributed by atoms with van der Waals surface area (Å²) in [5.41, 5.74) is 0. The van der Waals surface area contributed by atoms with Crippen LogP contribution in [0.3, 0.4) is 0 Å². The van der Waals surface area contributed by atoms with Crippen LogP contribution in [-0.2, 0) is 28.6 Å². The summed E-state index contributed by atoms with van der Waals surface area (Å²) in [7, 11) is 0. The van der Waals surface area contributed by atoms with Gasteiger partial charge in [0.2, 0.25) is 0 Å². The molecule has 0 aliphatic carbocycles. The largest absolute Gasteiger partial charge is 0.462 e. The first-order valence-electron chi connectivity index (χ1n) is 32.4. The van der Waals surface area contributed by atoms with E-state index in [1.54, 1.807) is 0 Å². The summed E-state index contributed by atoms with van der Waals surface area (Å²) in [4.78, 5) is 38.3. The lowest BCUT2D eigenvalue weighted by atomic mass is 10.1. The summed E-state index contributed by atoms with van der Waals surface area (Å²) in [6.07, 6.45) is 88.1. The predicted octanol–water partition coefficient (Wildman–Crippen LogP) is 22.2. The third-order valence-corrected chi connectivity index (χ3v) is 13.7. The average molecular weight is 1070 g/mol. The van der Waals surface area contributed by atoms with Crippen molar-refractivity contribution in [3.05, 3.63) is 109 Å². The summed E-state index contributed by atoms with van der Waals surface area (Å²) in [6, 6.07) is 0. The van der Waals surface area contributed by atoms with Crippen LogP contribution in [0.25, 0.3) is 0 Å². The second kappa shape index (κ2) is 64.6. The maximum absolute atomic E-state index is 12.9. The van der Waals surface area contributed by atoms with Gasteiger partial charge >= 0.3 is 17.9 Å². The molecule has 440 valence electrons. The maximum atomic E-state index is 12.9. The van der Waals surface area contributed by atoms with Crippen LogP contribution in [0.1, 0.15) is 303 Å². The van der Waals surface area contributed by atoms with Crippen molar-refractivity contribution in [1.82, 2.24) is 0 Å². The number of allylic oxidation sites excluding steroid dienone is 18. The van der Waals surface area contributed by atoms with E-state index in [1.807, 2.05) is 0 Å². The molecule has 0 aliphatic heterocycles. The molecular formula is C71H120O6. The van der Waals surface area contributed by atoms with Gasteiger partial charge in [0.25, 0.3) is 0 Å². The van der Waals surface area contributed by atoms with Crippen molar-refractivity contribution in [2.45, 2.75) is 309 Å². The van der Waals surface area contributed by atoms with E-state index in [9.17, 15) is 14.4 Å². The molecule has 1 atom stereocenters. The Morgan fingerprint density at radius 3 is 0.844 bits per heavy atom. The van der Waals surface area contributed by atoms with Crippen LogP contribution < -0.4 is 0 Å². The van der Waals surface area contributed by atoms with Crippen molar-refractivity contribution in [2.75, 3.05) is 13.2 Å². The first-order chi connectivity index (χ1) is 38.0. The minimum Gasteiger partial charge on any atom is -0.462 e. The van der Waals surface area contributed by atoms with Crippen LogP contribution in [0, 0.1) is 0 Å². The zero-order chi connectivity index (χ0) is 55.7. The molecule has 0 bridgehead atoms. The van der Waals surface area contributed by atoms with Crippen molar-refractivity contribution in [1.29, 1.82) is 0 Å². The first-order valence-corrected chi connectivity index (χ1v) is 32.4. The van der Waals surface area contributed by atoms with Gasteiger partial charge in [0.15, 0.2) is 6.10 Å². The SMILES string of the molecule is CC/C=C\C/C=C\C/C=C\C/C=C\C/C=C\C/C=C\CCCCCCCCCCCCC(=O)OCC(COC(=O)CCCCCCC/C=C\C/C=C\CCCC)OC(=O)CCCCCCC/C=C\CCCCCCCCC. The Kier molecular flexibility index (Phi) is 61.3. The molecule has 0 aromatic heterocycles. The quantitative estimate of drug-likeness (QED) is 0.0261. The highest BCUT2D eigenvalue weighted by molar-refractivity contribution is 5.71. The molecule has 0 saturated carbocycles. The van der Waals surface area contributed by atoms with E-state index in [-0.39, 0.29) is 31.1 Å². The number of carbonyl (C=O) groups excluding carboxylic acids is 3. The monoisotopic (exact) mass is 1070 g/mol. The van der Waals surface area contributed by atoms with Crippen molar-refractivity contribution in [2.24, 2.45) is 0 Å². The number of esters is 3. The van der Waals surface area contributed by atoms with Gasteiger partial charge in [0.05, 0.1) is 0 Å². The van der Waals surface area contributed by atoms with Gasteiger partial charge in [-0.05, 0) is 122 Å². The Balaban J connectivity index is 4.31. The van der Waals surface area contributed by atoms with Crippen molar-refractivity contribution >= 4 is 17.9 Å². The molecule has 0 rings (SSSR count). The molecule has 0 amide bonds. The molecule has 0 saturated heterocycles. The number of carbonyl (C=O) groups is 3. The van der Waals surface area contributed by atoms with Crippen LogP contribution in [0.15, 0.2) is 109 Å². The molecule has 0 heterocycles. The molecule has 0 aromatic carbocycles. The van der Waals surface area contributed by atoms with E-state index < -0.39 is 6.10 Å². The van der Waals surface area contributed by atoms with E-state index in [0.29, 0.717) is 19.3 Å². The number of rotatable bonds is 58. The Morgan fingerprint density at radius 2 is 0.519 bits per heavy atom. The minimum absolute atomic E-state index is 0.0880. The molecule has 0 N–H and O–H groups in total. The van der Waals surface area contributed by atoms with Gasteiger partial charge < -0.3 is 14.2 Å². The summed E-state index contributed by atoms with van der Waals surface area (Å²) in [6.45, 7) is 6.48. The van der Waals surface area contributed by atoms with Crippen molar-refractivity contribution < 1.29 is 28.6 Å². The van der Waals surface area contributed by atoms with Gasteiger partial charge in [0, 0.05) is 19.3 Å². The molecule has 6 heteroatoms. The number of hydrogen-bond acceptors (Lipinski definition) is 6. The summed E-state index contributed by atoms with van der Waals surface area (Å²) in [5.74, 6) is -0.907. The second-order valence-corrected chi connectivity index (χ2v) is 21.3. The van der Waals surface area contributed by atoms with Crippen molar-refractivity contribution in [3.63, 3.8) is 0 Å². The Hall–Kier alpha value is -3.93. The van der Waals surface area contributed by atoms with Gasteiger partial charge in [0.1, 0.15) is 13.2 Å². The van der Waals surface area contributed by atoms with E-state index in [2.05, 4.69) is 130 Å². The Labute approximate surface area is 476 Å². The fraction of sp³-hybridized carbons (Fsp3) is 0.704. The van der Waals surface area contributed by atoms with Crippen molar-refractivity contribution in [3.8, 4) is 0 Å². The van der Waals surface area contributed by atoms with Crippen LogP contribution in [0.4, 0.5) is 0 Å². The minimum atomic E-state index is -0.792. The van der Waals surface area contributed by atoms with E-state index in [1.165, 1.54) is 128 Å². The molecule has 0 spiro atoms. The molecule has 0 aliphatic rings. The number of ether oxygens (including phenoxy) is 3. The number of hydrogen-bond donors (Lipinski definition) is 0.